The number of carbonyl (C=O) groups is 1. The van der Waals surface area contributed by atoms with Gasteiger partial charge in [-0.25, -0.2) is 9.13 Å². The van der Waals surface area contributed by atoms with E-state index < -0.39 is 0 Å². The highest BCUT2D eigenvalue weighted by atomic mass is 16.1. The fourth-order valence-electron chi connectivity index (χ4n) is 0.954. The first-order valence-corrected chi connectivity index (χ1v) is 3.29. The number of carbonyl (C=O) groups excluding carboxylic acids is 1. The zero-order chi connectivity index (χ0) is 7.56. The van der Waals surface area contributed by atoms with E-state index in [1.54, 1.807) is 4.57 Å². The fourth-order valence-corrected chi connectivity index (χ4v) is 0.954. The minimum atomic E-state index is 0.711. The van der Waals surface area contributed by atoms with E-state index in [0.29, 0.717) is 5.82 Å². The van der Waals surface area contributed by atoms with Gasteiger partial charge in [0.15, 0.2) is 0 Å². The Morgan fingerprint density at radius 3 is 2.90 bits per heavy atom. The zero-order valence-corrected chi connectivity index (χ0v) is 6.24. The molecule has 1 aromatic heterocycles. The second kappa shape index (κ2) is 2.64. The number of aryl methyl sites for hydroxylation is 2. The Hall–Kier alpha value is -1.12. The van der Waals surface area contributed by atoms with Crippen LogP contribution in [0.3, 0.4) is 0 Å². The van der Waals surface area contributed by atoms with Crippen molar-refractivity contribution in [2.24, 2.45) is 7.05 Å². The van der Waals surface area contributed by atoms with E-state index in [0.717, 1.165) is 12.8 Å². The Morgan fingerprint density at radius 2 is 2.50 bits per heavy atom. The summed E-state index contributed by atoms with van der Waals surface area (Å²) in [6, 6.07) is 0. The first-order valence-electron chi connectivity index (χ1n) is 3.29. The minimum Gasteiger partial charge on any atom is -0.289 e. The molecule has 0 aliphatic heterocycles. The molecule has 0 fully saturated rings. The molecule has 0 aliphatic carbocycles. The lowest BCUT2D eigenvalue weighted by Crippen LogP contribution is -2.31. The predicted molar refractivity (Wildman–Crippen MR) is 36.7 cm³/mol. The van der Waals surface area contributed by atoms with Gasteiger partial charge in [-0.3, -0.25) is 4.79 Å². The van der Waals surface area contributed by atoms with Crippen LogP contribution in [0.2, 0.25) is 0 Å². The Labute approximate surface area is 59.9 Å². The number of aldehydes is 1. The largest absolute Gasteiger partial charge is 0.321 e. The number of aromatic nitrogens is 2. The zero-order valence-electron chi connectivity index (χ0n) is 6.24. The summed E-state index contributed by atoms with van der Waals surface area (Å²) < 4.78 is 3.70. The monoisotopic (exact) mass is 139 g/mol. The molecular weight excluding hydrogens is 128 g/mol. The summed E-state index contributed by atoms with van der Waals surface area (Å²) in [6.07, 6.45) is 4.63. The highest BCUT2D eigenvalue weighted by molar-refractivity contribution is 5.66. The van der Waals surface area contributed by atoms with Gasteiger partial charge in [-0.1, -0.05) is 0 Å². The van der Waals surface area contributed by atoms with Crippen molar-refractivity contribution >= 4 is 6.29 Å². The SMILES string of the molecule is CCn1cc[n+](C)c1C=O. The molecule has 0 amide bonds. The fraction of sp³-hybridized carbons (Fsp3) is 0.429. The van der Waals surface area contributed by atoms with Gasteiger partial charge in [-0.15, -0.1) is 0 Å². The third-order valence-electron chi connectivity index (χ3n) is 1.57. The van der Waals surface area contributed by atoms with Crippen molar-refractivity contribution in [2.75, 3.05) is 0 Å². The van der Waals surface area contributed by atoms with E-state index in [-0.39, 0.29) is 0 Å². The van der Waals surface area contributed by atoms with Gasteiger partial charge < -0.3 is 0 Å². The van der Waals surface area contributed by atoms with Gasteiger partial charge in [-0.05, 0) is 6.92 Å². The normalized spacial score (nSPS) is 9.80. The minimum absolute atomic E-state index is 0.711. The van der Waals surface area contributed by atoms with Crippen molar-refractivity contribution in [2.45, 2.75) is 13.5 Å². The van der Waals surface area contributed by atoms with E-state index in [2.05, 4.69) is 0 Å². The molecule has 0 spiro atoms. The van der Waals surface area contributed by atoms with Crippen LogP contribution in [0.1, 0.15) is 17.5 Å². The molecule has 0 N–H and O–H groups in total. The molecule has 54 valence electrons. The van der Waals surface area contributed by atoms with Gasteiger partial charge in [0.2, 0.25) is 6.29 Å². The number of imidazole rings is 1. The van der Waals surface area contributed by atoms with Gasteiger partial charge in [0.05, 0.1) is 13.6 Å². The molecular formula is C7H11N2O+. The van der Waals surface area contributed by atoms with Crippen LogP contribution in [0.5, 0.6) is 0 Å². The van der Waals surface area contributed by atoms with Gasteiger partial charge in [0.25, 0.3) is 0 Å². The van der Waals surface area contributed by atoms with Gasteiger partial charge >= 0.3 is 5.82 Å². The molecule has 0 aromatic carbocycles. The number of hydrogen-bond acceptors (Lipinski definition) is 1. The first-order chi connectivity index (χ1) is 4.79. The maximum atomic E-state index is 10.4. The van der Waals surface area contributed by atoms with Crippen LogP contribution in [-0.2, 0) is 13.6 Å². The molecule has 0 radical (unpaired) electrons. The molecule has 0 bridgehead atoms. The van der Waals surface area contributed by atoms with Gasteiger partial charge in [-0.2, -0.15) is 0 Å². The van der Waals surface area contributed by atoms with Crippen molar-refractivity contribution in [3.63, 3.8) is 0 Å². The molecule has 1 aromatic rings. The molecule has 0 aliphatic rings. The van der Waals surface area contributed by atoms with E-state index in [1.807, 2.05) is 30.9 Å². The van der Waals surface area contributed by atoms with E-state index in [1.165, 1.54) is 0 Å². The Bertz CT molecular complexity index is 240. The first kappa shape index (κ1) is 6.99. The molecule has 3 heteroatoms. The van der Waals surface area contributed by atoms with E-state index >= 15 is 0 Å². The second-order valence-electron chi connectivity index (χ2n) is 2.17. The van der Waals surface area contributed by atoms with Crippen molar-refractivity contribution < 1.29 is 9.36 Å². The lowest BCUT2D eigenvalue weighted by molar-refractivity contribution is -0.672. The third kappa shape index (κ3) is 0.943. The van der Waals surface area contributed by atoms with Crippen molar-refractivity contribution in [1.29, 1.82) is 0 Å². The van der Waals surface area contributed by atoms with Crippen LogP contribution in [0.4, 0.5) is 0 Å². The molecule has 0 unspecified atom stereocenters. The van der Waals surface area contributed by atoms with E-state index in [9.17, 15) is 4.79 Å². The van der Waals surface area contributed by atoms with Crippen LogP contribution in [0, 0.1) is 0 Å². The maximum Gasteiger partial charge on any atom is 0.321 e. The van der Waals surface area contributed by atoms with Crippen molar-refractivity contribution in [3.05, 3.63) is 18.2 Å². The Balaban J connectivity index is 3.12. The summed E-state index contributed by atoms with van der Waals surface area (Å²) in [5.74, 6) is 0.711. The lowest BCUT2D eigenvalue weighted by atomic mass is 10.6. The summed E-state index contributed by atoms with van der Waals surface area (Å²) in [5.41, 5.74) is 0. The average molecular weight is 139 g/mol. The van der Waals surface area contributed by atoms with Gasteiger partial charge in [0, 0.05) is 0 Å². The van der Waals surface area contributed by atoms with Crippen LogP contribution >= 0.6 is 0 Å². The van der Waals surface area contributed by atoms with E-state index in [4.69, 9.17) is 0 Å². The average Bonchev–Trinajstić information content (AvgIpc) is 2.30. The van der Waals surface area contributed by atoms with Crippen LogP contribution in [0.15, 0.2) is 12.4 Å². The molecule has 0 atom stereocenters. The standard InChI is InChI=1S/C7H11N2O/c1-3-9-5-4-8(2)7(9)6-10/h4-6H,3H2,1-2H3/q+1. The van der Waals surface area contributed by atoms with Crippen molar-refractivity contribution in [1.82, 2.24) is 4.57 Å². The molecule has 3 nitrogen and oxygen atoms in total. The summed E-state index contributed by atoms with van der Waals surface area (Å²) in [7, 11) is 1.86. The molecule has 10 heavy (non-hydrogen) atoms. The summed E-state index contributed by atoms with van der Waals surface area (Å²) >= 11 is 0. The smallest absolute Gasteiger partial charge is 0.289 e. The summed E-state index contributed by atoms with van der Waals surface area (Å²) in [6.45, 7) is 2.85. The van der Waals surface area contributed by atoms with Crippen LogP contribution < -0.4 is 4.57 Å². The lowest BCUT2D eigenvalue weighted by Gasteiger charge is -1.89. The topological polar surface area (TPSA) is 25.9 Å². The van der Waals surface area contributed by atoms with Gasteiger partial charge in [0.1, 0.15) is 12.4 Å². The molecule has 0 saturated carbocycles. The number of nitrogens with zero attached hydrogens (tertiary/aromatic N) is 2. The van der Waals surface area contributed by atoms with Crippen LogP contribution in [0.25, 0.3) is 0 Å². The quantitative estimate of drug-likeness (QED) is 0.423. The Morgan fingerprint density at radius 1 is 1.80 bits per heavy atom. The second-order valence-corrected chi connectivity index (χ2v) is 2.17. The highest BCUT2D eigenvalue weighted by Gasteiger charge is 2.09. The Kier molecular flexibility index (Phi) is 1.85. The summed E-state index contributed by atoms with van der Waals surface area (Å²) in [4.78, 5) is 10.4. The molecule has 1 rings (SSSR count). The maximum absolute atomic E-state index is 10.4. The number of hydrogen-bond donors (Lipinski definition) is 0. The molecule has 1 heterocycles. The van der Waals surface area contributed by atoms with Crippen molar-refractivity contribution in [3.8, 4) is 0 Å². The third-order valence-corrected chi connectivity index (χ3v) is 1.57. The summed E-state index contributed by atoms with van der Waals surface area (Å²) in [5, 5.41) is 0. The highest BCUT2D eigenvalue weighted by Crippen LogP contribution is 1.89. The number of rotatable bonds is 2. The van der Waals surface area contributed by atoms with Crippen LogP contribution in [-0.4, -0.2) is 10.9 Å². The molecule has 0 saturated heterocycles. The predicted octanol–water partition coefficient (Wildman–Crippen LogP) is 0.145.